The second-order valence-electron chi connectivity index (χ2n) is 5.57. The molecule has 2 aromatic heterocycles. The van der Waals surface area contributed by atoms with Crippen LogP contribution in [0, 0.1) is 0 Å². The lowest BCUT2D eigenvalue weighted by molar-refractivity contribution is 0.0998. The van der Waals surface area contributed by atoms with Gasteiger partial charge in [0.1, 0.15) is 5.58 Å². The van der Waals surface area contributed by atoms with Crippen molar-refractivity contribution >= 4 is 49.1 Å². The van der Waals surface area contributed by atoms with Gasteiger partial charge in [-0.25, -0.2) is 13.4 Å². The highest BCUT2D eigenvalue weighted by Gasteiger charge is 2.16. The number of hydrogen-bond donors (Lipinski definition) is 2. The number of nitrogens with one attached hydrogen (secondary N) is 2. The fourth-order valence-electron chi connectivity index (χ4n) is 2.45. The molecule has 9 heteroatoms. The number of nitrogens with zero attached hydrogens (tertiary/aromatic N) is 1. The first kappa shape index (κ1) is 17.3. The average Bonchev–Trinajstić information content (AvgIpc) is 3.31. The lowest BCUT2D eigenvalue weighted by atomic mass is 10.2. The largest absolute Gasteiger partial charge is 0.451 e. The molecule has 0 unspecified atom stereocenters. The summed E-state index contributed by atoms with van der Waals surface area (Å²) in [5.41, 5.74) is 1.08. The Morgan fingerprint density at radius 3 is 2.56 bits per heavy atom. The lowest BCUT2D eigenvalue weighted by Gasteiger charge is -2.07. The molecule has 0 aliphatic heterocycles. The van der Waals surface area contributed by atoms with Gasteiger partial charge in [-0.3, -0.25) is 9.52 Å². The Balaban J connectivity index is 1.49. The topological polar surface area (TPSA) is 101 Å². The molecule has 0 spiro atoms. The van der Waals surface area contributed by atoms with E-state index in [0.717, 1.165) is 5.39 Å². The van der Waals surface area contributed by atoms with Crippen molar-refractivity contribution in [1.29, 1.82) is 0 Å². The molecular weight excluding hydrogens is 386 g/mol. The van der Waals surface area contributed by atoms with Crippen LogP contribution < -0.4 is 10.0 Å². The van der Waals surface area contributed by atoms with Gasteiger partial charge in [0.15, 0.2) is 10.9 Å². The summed E-state index contributed by atoms with van der Waals surface area (Å²) in [6, 6.07) is 14.8. The molecule has 4 aromatic rings. The summed E-state index contributed by atoms with van der Waals surface area (Å²) in [6.45, 7) is 0. The summed E-state index contributed by atoms with van der Waals surface area (Å²) in [6.07, 6.45) is 1.51. The van der Waals surface area contributed by atoms with Crippen molar-refractivity contribution in [2.24, 2.45) is 0 Å². The number of carbonyl (C=O) groups is 1. The smallest absolute Gasteiger partial charge is 0.291 e. The number of amides is 1. The second-order valence-corrected chi connectivity index (χ2v) is 8.15. The van der Waals surface area contributed by atoms with E-state index in [1.54, 1.807) is 17.5 Å². The van der Waals surface area contributed by atoms with E-state index in [9.17, 15) is 13.2 Å². The molecule has 0 bridgehead atoms. The SMILES string of the molecule is O=C(Nc1ccc(S(=O)(=O)Nc2nccs2)cc1)c1cc2ccccc2o1. The van der Waals surface area contributed by atoms with E-state index in [0.29, 0.717) is 11.3 Å². The van der Waals surface area contributed by atoms with Gasteiger partial charge in [0, 0.05) is 22.7 Å². The van der Waals surface area contributed by atoms with Gasteiger partial charge in [0.25, 0.3) is 15.9 Å². The highest BCUT2D eigenvalue weighted by atomic mass is 32.2. The number of rotatable bonds is 5. The van der Waals surface area contributed by atoms with Crippen molar-refractivity contribution < 1.29 is 17.6 Å². The van der Waals surface area contributed by atoms with Gasteiger partial charge >= 0.3 is 0 Å². The molecule has 0 saturated carbocycles. The highest BCUT2D eigenvalue weighted by molar-refractivity contribution is 7.93. The summed E-state index contributed by atoms with van der Waals surface area (Å²) in [5, 5.41) is 5.48. The summed E-state index contributed by atoms with van der Waals surface area (Å²) in [5.74, 6) is -0.235. The van der Waals surface area contributed by atoms with E-state index in [1.807, 2.05) is 18.2 Å². The van der Waals surface area contributed by atoms with Gasteiger partial charge in [-0.2, -0.15) is 0 Å². The van der Waals surface area contributed by atoms with Crippen molar-refractivity contribution in [1.82, 2.24) is 4.98 Å². The number of benzene rings is 2. The number of hydrogen-bond acceptors (Lipinski definition) is 6. The van der Waals surface area contributed by atoms with E-state index in [-0.39, 0.29) is 15.8 Å². The van der Waals surface area contributed by atoms with Crippen LogP contribution in [0.5, 0.6) is 0 Å². The maximum atomic E-state index is 12.3. The van der Waals surface area contributed by atoms with Crippen molar-refractivity contribution in [2.45, 2.75) is 4.90 Å². The number of thiazole rings is 1. The fraction of sp³-hybridized carbons (Fsp3) is 0. The predicted molar refractivity (Wildman–Crippen MR) is 104 cm³/mol. The Morgan fingerprint density at radius 2 is 1.85 bits per heavy atom. The van der Waals surface area contributed by atoms with E-state index < -0.39 is 15.9 Å². The van der Waals surface area contributed by atoms with Crippen molar-refractivity contribution in [3.63, 3.8) is 0 Å². The van der Waals surface area contributed by atoms with Gasteiger partial charge in [0.05, 0.1) is 4.90 Å². The Morgan fingerprint density at radius 1 is 1.07 bits per heavy atom. The summed E-state index contributed by atoms with van der Waals surface area (Å²) >= 11 is 1.19. The third kappa shape index (κ3) is 3.69. The van der Waals surface area contributed by atoms with E-state index >= 15 is 0 Å². The predicted octanol–water partition coefficient (Wildman–Crippen LogP) is 3.94. The molecule has 0 aliphatic carbocycles. The van der Waals surface area contributed by atoms with E-state index in [1.165, 1.54) is 41.8 Å². The first-order valence-corrected chi connectivity index (χ1v) is 10.2. The number of carbonyl (C=O) groups excluding carboxylic acids is 1. The third-order valence-electron chi connectivity index (χ3n) is 3.73. The van der Waals surface area contributed by atoms with Crippen LogP contribution in [0.15, 0.2) is 75.5 Å². The standard InChI is InChI=1S/C18H13N3O4S2/c22-17(16-11-12-3-1-2-4-15(12)25-16)20-13-5-7-14(8-6-13)27(23,24)21-18-19-9-10-26-18/h1-11H,(H,19,21)(H,20,22). The normalized spacial score (nSPS) is 11.4. The highest BCUT2D eigenvalue weighted by Crippen LogP contribution is 2.22. The van der Waals surface area contributed by atoms with E-state index in [4.69, 9.17) is 4.42 Å². The monoisotopic (exact) mass is 399 g/mol. The average molecular weight is 399 g/mol. The molecule has 7 nitrogen and oxygen atoms in total. The molecule has 0 aliphatic rings. The number of furan rings is 1. The van der Waals surface area contributed by atoms with E-state index in [2.05, 4.69) is 15.0 Å². The zero-order valence-corrected chi connectivity index (χ0v) is 15.4. The van der Waals surface area contributed by atoms with Crippen LogP contribution in [-0.4, -0.2) is 19.3 Å². The molecule has 0 saturated heterocycles. The molecule has 0 radical (unpaired) electrons. The van der Waals surface area contributed by atoms with Crippen LogP contribution in [0.4, 0.5) is 10.8 Å². The van der Waals surface area contributed by atoms with Gasteiger partial charge < -0.3 is 9.73 Å². The summed E-state index contributed by atoms with van der Waals surface area (Å²) in [4.78, 5) is 16.3. The minimum Gasteiger partial charge on any atom is -0.451 e. The summed E-state index contributed by atoms with van der Waals surface area (Å²) in [7, 11) is -3.73. The zero-order chi connectivity index (χ0) is 18.9. The van der Waals surface area contributed by atoms with Crippen LogP contribution in [0.1, 0.15) is 10.6 Å². The van der Waals surface area contributed by atoms with Gasteiger partial charge in [0.2, 0.25) is 0 Å². The maximum absolute atomic E-state index is 12.3. The zero-order valence-electron chi connectivity index (χ0n) is 13.7. The molecule has 1 amide bonds. The third-order valence-corrected chi connectivity index (χ3v) is 5.90. The Hall–Kier alpha value is -3.17. The molecule has 4 rings (SSSR count). The van der Waals surface area contributed by atoms with Gasteiger partial charge in [-0.05, 0) is 36.4 Å². The molecule has 2 N–H and O–H groups in total. The number of aromatic nitrogens is 1. The number of anilines is 2. The Kier molecular flexibility index (Phi) is 4.38. The van der Waals surface area contributed by atoms with Crippen LogP contribution >= 0.6 is 11.3 Å². The minimum atomic E-state index is -3.73. The molecule has 0 fully saturated rings. The van der Waals surface area contributed by atoms with Gasteiger partial charge in [-0.15, -0.1) is 11.3 Å². The first-order chi connectivity index (χ1) is 13.0. The van der Waals surface area contributed by atoms with Crippen LogP contribution in [0.3, 0.4) is 0 Å². The fourth-order valence-corrected chi connectivity index (χ4v) is 4.24. The first-order valence-electron chi connectivity index (χ1n) is 7.83. The molecular formula is C18H13N3O4S2. The Labute approximate surface area is 158 Å². The van der Waals surface area contributed by atoms with Crippen molar-refractivity contribution in [3.8, 4) is 0 Å². The van der Waals surface area contributed by atoms with Gasteiger partial charge in [-0.1, -0.05) is 18.2 Å². The maximum Gasteiger partial charge on any atom is 0.291 e. The second kappa shape index (κ2) is 6.86. The molecule has 136 valence electrons. The van der Waals surface area contributed by atoms with Crippen LogP contribution in [-0.2, 0) is 10.0 Å². The summed E-state index contributed by atoms with van der Waals surface area (Å²) < 4.78 is 32.5. The molecule has 0 atom stereocenters. The Bertz CT molecular complexity index is 1160. The van der Waals surface area contributed by atoms with Crippen LogP contribution in [0.25, 0.3) is 11.0 Å². The van der Waals surface area contributed by atoms with Crippen LogP contribution in [0.2, 0.25) is 0 Å². The molecule has 2 heterocycles. The number of sulfonamides is 1. The number of fused-ring (bicyclic) bond motifs is 1. The van der Waals surface area contributed by atoms with Crippen molar-refractivity contribution in [2.75, 3.05) is 10.0 Å². The molecule has 27 heavy (non-hydrogen) atoms. The lowest BCUT2D eigenvalue weighted by Crippen LogP contribution is -2.13. The van der Waals surface area contributed by atoms with Crippen molar-refractivity contribution in [3.05, 3.63) is 71.9 Å². The quantitative estimate of drug-likeness (QED) is 0.529. The molecule has 2 aromatic carbocycles. The number of para-hydroxylation sites is 1. The minimum absolute atomic E-state index is 0.0689.